The summed E-state index contributed by atoms with van der Waals surface area (Å²) in [5.74, 6) is -0.248. The summed E-state index contributed by atoms with van der Waals surface area (Å²) in [7, 11) is 2.89. The molecule has 1 fully saturated rings. The van der Waals surface area contributed by atoms with Crippen LogP contribution in [-0.4, -0.2) is 43.4 Å². The fourth-order valence-electron chi connectivity index (χ4n) is 3.18. The van der Waals surface area contributed by atoms with Gasteiger partial charge in [0.25, 0.3) is 5.91 Å². The van der Waals surface area contributed by atoms with Gasteiger partial charge in [0.15, 0.2) is 5.78 Å². The van der Waals surface area contributed by atoms with Crippen LogP contribution in [-0.2, 0) is 10.3 Å². The Morgan fingerprint density at radius 3 is 2.41 bits per heavy atom. The Labute approximate surface area is 167 Å². The molecule has 1 heterocycles. The molecule has 1 N–H and O–H groups in total. The van der Waals surface area contributed by atoms with E-state index < -0.39 is 29.8 Å². The third kappa shape index (κ3) is 3.50. The Morgan fingerprint density at radius 1 is 1.14 bits per heavy atom. The predicted octanol–water partition coefficient (Wildman–Crippen LogP) is 2.23. The number of amides is 3. The van der Waals surface area contributed by atoms with Crippen LogP contribution in [0.1, 0.15) is 28.4 Å². The van der Waals surface area contributed by atoms with E-state index in [-0.39, 0.29) is 5.56 Å². The van der Waals surface area contributed by atoms with E-state index in [0.29, 0.717) is 22.6 Å². The zero-order valence-electron chi connectivity index (χ0n) is 16.2. The summed E-state index contributed by atoms with van der Waals surface area (Å²) in [5, 5.41) is 11.6. The molecule has 2 aromatic rings. The zero-order valence-corrected chi connectivity index (χ0v) is 16.2. The normalized spacial score (nSPS) is 18.2. The Bertz CT molecular complexity index is 1030. The monoisotopic (exact) mass is 393 g/mol. The van der Waals surface area contributed by atoms with Crippen LogP contribution < -0.4 is 14.8 Å². The summed E-state index contributed by atoms with van der Waals surface area (Å²) in [6.45, 7) is 1.12. The van der Waals surface area contributed by atoms with Gasteiger partial charge in [0.05, 0.1) is 38.0 Å². The second-order valence-electron chi connectivity index (χ2n) is 6.62. The molecule has 0 bridgehead atoms. The van der Waals surface area contributed by atoms with E-state index in [9.17, 15) is 14.4 Å². The lowest BCUT2D eigenvalue weighted by atomic mass is 9.91. The van der Waals surface area contributed by atoms with Crippen molar-refractivity contribution in [3.8, 4) is 17.6 Å². The Balaban J connectivity index is 1.87. The molecule has 1 unspecified atom stereocenters. The van der Waals surface area contributed by atoms with Gasteiger partial charge < -0.3 is 14.8 Å². The number of hydrogen-bond donors (Lipinski definition) is 1. The number of methoxy groups -OCH3 is 2. The first-order valence-electron chi connectivity index (χ1n) is 8.74. The van der Waals surface area contributed by atoms with E-state index in [2.05, 4.69) is 5.32 Å². The van der Waals surface area contributed by atoms with Crippen molar-refractivity contribution in [3.05, 3.63) is 59.2 Å². The van der Waals surface area contributed by atoms with Crippen molar-refractivity contribution >= 4 is 17.7 Å². The van der Waals surface area contributed by atoms with Crippen molar-refractivity contribution in [2.45, 2.75) is 12.5 Å². The molecule has 0 spiro atoms. The minimum absolute atomic E-state index is 0.208. The standard InChI is InChI=1S/C21H19N3O5/c1-21(14-6-4-13(11-22)5-7-14)19(26)24(20(27)23-21)12-17(25)16-10-15(28-2)8-9-18(16)29-3/h4-10H,12H2,1-3H3,(H,23,27). The number of hydrogen-bond acceptors (Lipinski definition) is 6. The lowest BCUT2D eigenvalue weighted by Gasteiger charge is -2.22. The molecular formula is C21H19N3O5. The van der Waals surface area contributed by atoms with Crippen LogP contribution in [0.25, 0.3) is 0 Å². The summed E-state index contributed by atoms with van der Waals surface area (Å²) in [6, 6.07) is 12.4. The molecule has 1 aliphatic heterocycles. The third-order valence-electron chi connectivity index (χ3n) is 4.88. The Morgan fingerprint density at radius 2 is 1.83 bits per heavy atom. The maximum Gasteiger partial charge on any atom is 0.325 e. The van der Waals surface area contributed by atoms with E-state index in [1.807, 2.05) is 6.07 Å². The molecule has 1 atom stereocenters. The molecule has 0 aromatic heterocycles. The number of nitrogens with zero attached hydrogens (tertiary/aromatic N) is 2. The molecule has 3 rings (SSSR count). The topological polar surface area (TPSA) is 109 Å². The highest BCUT2D eigenvalue weighted by Crippen LogP contribution is 2.30. The SMILES string of the molecule is COc1ccc(OC)c(C(=O)CN2C(=O)NC(C)(c3ccc(C#N)cc3)C2=O)c1. The summed E-state index contributed by atoms with van der Waals surface area (Å²) in [6.07, 6.45) is 0. The number of ketones is 1. The van der Waals surface area contributed by atoms with Crippen LogP contribution >= 0.6 is 0 Å². The van der Waals surface area contributed by atoms with Crippen molar-refractivity contribution in [3.63, 3.8) is 0 Å². The van der Waals surface area contributed by atoms with E-state index in [1.165, 1.54) is 20.3 Å². The van der Waals surface area contributed by atoms with Gasteiger partial charge in [-0.25, -0.2) is 4.79 Å². The predicted molar refractivity (Wildman–Crippen MR) is 103 cm³/mol. The molecule has 0 aliphatic carbocycles. The minimum atomic E-state index is -1.33. The molecule has 1 aliphatic rings. The second kappa shape index (κ2) is 7.64. The lowest BCUT2D eigenvalue weighted by molar-refractivity contribution is -0.130. The van der Waals surface area contributed by atoms with E-state index in [0.717, 1.165) is 4.90 Å². The van der Waals surface area contributed by atoms with Gasteiger partial charge in [-0.15, -0.1) is 0 Å². The summed E-state index contributed by atoms with van der Waals surface area (Å²) in [5.41, 5.74) is -0.168. The van der Waals surface area contributed by atoms with E-state index in [1.54, 1.807) is 43.3 Å². The number of ether oxygens (including phenoxy) is 2. The van der Waals surface area contributed by atoms with Gasteiger partial charge in [0, 0.05) is 0 Å². The quantitative estimate of drug-likeness (QED) is 0.595. The van der Waals surface area contributed by atoms with Gasteiger partial charge in [-0.2, -0.15) is 5.26 Å². The highest BCUT2D eigenvalue weighted by atomic mass is 16.5. The van der Waals surface area contributed by atoms with Crippen LogP contribution in [0.2, 0.25) is 0 Å². The average Bonchev–Trinajstić information content (AvgIpc) is 2.97. The fraction of sp³-hybridized carbons (Fsp3) is 0.238. The van der Waals surface area contributed by atoms with Gasteiger partial charge in [-0.3, -0.25) is 14.5 Å². The molecule has 8 nitrogen and oxygen atoms in total. The van der Waals surface area contributed by atoms with Crippen molar-refractivity contribution in [2.75, 3.05) is 20.8 Å². The Kier molecular flexibility index (Phi) is 5.24. The van der Waals surface area contributed by atoms with Gasteiger partial charge in [0.1, 0.15) is 17.0 Å². The molecule has 1 saturated heterocycles. The van der Waals surface area contributed by atoms with Crippen LogP contribution in [0, 0.1) is 11.3 Å². The van der Waals surface area contributed by atoms with Gasteiger partial charge >= 0.3 is 6.03 Å². The van der Waals surface area contributed by atoms with E-state index >= 15 is 0 Å². The lowest BCUT2D eigenvalue weighted by Crippen LogP contribution is -2.41. The summed E-state index contributed by atoms with van der Waals surface area (Å²) in [4.78, 5) is 39.2. The van der Waals surface area contributed by atoms with Crippen LogP contribution in [0.4, 0.5) is 4.79 Å². The Hall–Kier alpha value is -3.86. The van der Waals surface area contributed by atoms with Gasteiger partial charge in [-0.05, 0) is 42.8 Å². The minimum Gasteiger partial charge on any atom is -0.497 e. The fourth-order valence-corrected chi connectivity index (χ4v) is 3.18. The van der Waals surface area contributed by atoms with Gasteiger partial charge in [-0.1, -0.05) is 12.1 Å². The number of Topliss-reactive ketones (excluding diaryl/α,β-unsaturated/α-hetero) is 1. The molecule has 8 heteroatoms. The highest BCUT2D eigenvalue weighted by Gasteiger charge is 2.49. The maximum absolute atomic E-state index is 13.0. The van der Waals surface area contributed by atoms with Crippen LogP contribution in [0.15, 0.2) is 42.5 Å². The maximum atomic E-state index is 13.0. The third-order valence-corrected chi connectivity index (χ3v) is 4.88. The largest absolute Gasteiger partial charge is 0.497 e. The summed E-state index contributed by atoms with van der Waals surface area (Å²) >= 11 is 0. The number of rotatable bonds is 6. The molecule has 0 saturated carbocycles. The highest BCUT2D eigenvalue weighted by molar-refractivity contribution is 6.11. The number of imide groups is 1. The molecule has 29 heavy (non-hydrogen) atoms. The molecule has 148 valence electrons. The smallest absolute Gasteiger partial charge is 0.325 e. The number of nitrogens with one attached hydrogen (secondary N) is 1. The molecule has 3 amide bonds. The molecular weight excluding hydrogens is 374 g/mol. The zero-order chi connectivity index (χ0) is 21.2. The number of benzene rings is 2. The number of nitriles is 1. The first kappa shape index (κ1) is 19.9. The number of carbonyl (C=O) groups excluding carboxylic acids is 3. The van der Waals surface area contributed by atoms with Crippen molar-refractivity contribution in [2.24, 2.45) is 0 Å². The van der Waals surface area contributed by atoms with Gasteiger partial charge in [0.2, 0.25) is 0 Å². The van der Waals surface area contributed by atoms with Crippen molar-refractivity contribution in [1.29, 1.82) is 5.26 Å². The van der Waals surface area contributed by atoms with Crippen molar-refractivity contribution in [1.82, 2.24) is 10.2 Å². The first-order valence-corrected chi connectivity index (χ1v) is 8.74. The van der Waals surface area contributed by atoms with Crippen LogP contribution in [0.3, 0.4) is 0 Å². The number of carbonyl (C=O) groups is 3. The average molecular weight is 393 g/mol. The molecule has 0 radical (unpaired) electrons. The van der Waals surface area contributed by atoms with E-state index in [4.69, 9.17) is 14.7 Å². The second-order valence-corrected chi connectivity index (χ2v) is 6.62. The molecule has 2 aromatic carbocycles. The summed E-state index contributed by atoms with van der Waals surface area (Å²) < 4.78 is 10.3. The van der Waals surface area contributed by atoms with Crippen LogP contribution in [0.5, 0.6) is 11.5 Å². The first-order chi connectivity index (χ1) is 13.8. The number of urea groups is 1. The van der Waals surface area contributed by atoms with Crippen molar-refractivity contribution < 1.29 is 23.9 Å².